The maximum absolute atomic E-state index is 5.84. The Hall–Kier alpha value is -1.43. The van der Waals surface area contributed by atoms with Crippen molar-refractivity contribution >= 4 is 16.5 Å². The maximum Gasteiger partial charge on any atom is 0.180 e. The first-order chi connectivity index (χ1) is 9.31. The zero-order valence-electron chi connectivity index (χ0n) is 11.1. The molecule has 1 aromatic heterocycles. The van der Waals surface area contributed by atoms with Gasteiger partial charge in [-0.3, -0.25) is 0 Å². The molecule has 0 unspecified atom stereocenters. The Balaban J connectivity index is 2.01. The number of nitrogens with zero attached hydrogens (tertiary/aromatic N) is 1. The second kappa shape index (κ2) is 7.23. The first-order valence-electron chi connectivity index (χ1n) is 6.31. The first kappa shape index (κ1) is 14.0. The van der Waals surface area contributed by atoms with E-state index in [0.29, 0.717) is 5.13 Å². The van der Waals surface area contributed by atoms with Crippen molar-refractivity contribution in [2.45, 2.75) is 6.42 Å². The number of anilines is 1. The number of nitrogens with one attached hydrogen (secondary N) is 1. The molecule has 5 heteroatoms. The standard InChI is InChI=1S/C14H19N3OS/c1-18-10-9-16-8-7-12-13(17-14(15)19-12)11-5-3-2-4-6-11/h2-6,16H,7-10H2,1H3,(H2,15,17). The third-order valence-corrected chi connectivity index (χ3v) is 3.72. The number of methoxy groups -OCH3 is 1. The van der Waals surface area contributed by atoms with Crippen LogP contribution in [0.4, 0.5) is 5.13 Å². The first-order valence-corrected chi connectivity index (χ1v) is 7.13. The summed E-state index contributed by atoms with van der Waals surface area (Å²) in [5, 5.41) is 3.97. The number of hydrogen-bond donors (Lipinski definition) is 2. The molecule has 2 rings (SSSR count). The second-order valence-corrected chi connectivity index (χ2v) is 5.30. The summed E-state index contributed by atoms with van der Waals surface area (Å²) in [6.45, 7) is 2.51. The van der Waals surface area contributed by atoms with E-state index in [4.69, 9.17) is 10.5 Å². The van der Waals surface area contributed by atoms with E-state index in [1.54, 1.807) is 18.4 Å². The number of rotatable bonds is 7. The molecule has 0 spiro atoms. The molecule has 0 bridgehead atoms. The number of aromatic nitrogens is 1. The Kier molecular flexibility index (Phi) is 5.32. The summed E-state index contributed by atoms with van der Waals surface area (Å²) in [4.78, 5) is 5.67. The molecule has 0 fully saturated rings. The number of benzene rings is 1. The van der Waals surface area contributed by atoms with Crippen molar-refractivity contribution in [3.05, 3.63) is 35.2 Å². The van der Waals surface area contributed by atoms with Gasteiger partial charge in [-0.2, -0.15) is 0 Å². The average molecular weight is 277 g/mol. The van der Waals surface area contributed by atoms with E-state index in [2.05, 4.69) is 22.4 Å². The second-order valence-electron chi connectivity index (χ2n) is 4.18. The van der Waals surface area contributed by atoms with Gasteiger partial charge >= 0.3 is 0 Å². The lowest BCUT2D eigenvalue weighted by Gasteiger charge is -2.04. The summed E-state index contributed by atoms with van der Waals surface area (Å²) in [7, 11) is 1.71. The minimum atomic E-state index is 0.630. The number of nitrogens with two attached hydrogens (primary N) is 1. The number of nitrogen functional groups attached to an aromatic ring is 1. The van der Waals surface area contributed by atoms with E-state index in [0.717, 1.165) is 37.4 Å². The Labute approximate surface area is 117 Å². The summed E-state index contributed by atoms with van der Waals surface area (Å²) in [5.74, 6) is 0. The van der Waals surface area contributed by atoms with E-state index >= 15 is 0 Å². The van der Waals surface area contributed by atoms with Crippen LogP contribution in [0.1, 0.15) is 4.88 Å². The number of ether oxygens (including phenoxy) is 1. The molecule has 0 aliphatic heterocycles. The van der Waals surface area contributed by atoms with Crippen molar-refractivity contribution in [2.24, 2.45) is 0 Å². The monoisotopic (exact) mass is 277 g/mol. The SMILES string of the molecule is COCCNCCc1sc(N)nc1-c1ccccc1. The molecule has 0 aliphatic carbocycles. The normalized spacial score (nSPS) is 10.8. The highest BCUT2D eigenvalue weighted by Crippen LogP contribution is 2.29. The molecule has 1 heterocycles. The van der Waals surface area contributed by atoms with Gasteiger partial charge in [0.2, 0.25) is 0 Å². The Morgan fingerprint density at radius 2 is 2.05 bits per heavy atom. The average Bonchev–Trinajstić information content (AvgIpc) is 2.81. The lowest BCUT2D eigenvalue weighted by atomic mass is 10.1. The van der Waals surface area contributed by atoms with Crippen LogP contribution >= 0.6 is 11.3 Å². The van der Waals surface area contributed by atoms with E-state index in [9.17, 15) is 0 Å². The maximum atomic E-state index is 5.84. The van der Waals surface area contributed by atoms with Crippen LogP contribution in [-0.4, -0.2) is 31.8 Å². The highest BCUT2D eigenvalue weighted by molar-refractivity contribution is 7.15. The molecule has 3 N–H and O–H groups in total. The van der Waals surface area contributed by atoms with E-state index in [1.807, 2.05) is 18.2 Å². The van der Waals surface area contributed by atoms with Gasteiger partial charge in [0.1, 0.15) is 0 Å². The fraction of sp³-hybridized carbons (Fsp3) is 0.357. The van der Waals surface area contributed by atoms with Crippen LogP contribution in [0.25, 0.3) is 11.3 Å². The van der Waals surface area contributed by atoms with Crippen LogP contribution in [0.5, 0.6) is 0 Å². The Morgan fingerprint density at radius 1 is 1.26 bits per heavy atom. The fourth-order valence-corrected chi connectivity index (χ4v) is 2.72. The Bertz CT molecular complexity index is 499. The van der Waals surface area contributed by atoms with Crippen LogP contribution < -0.4 is 11.1 Å². The topological polar surface area (TPSA) is 60.2 Å². The third-order valence-electron chi connectivity index (χ3n) is 2.77. The predicted octanol–water partition coefficient (Wildman–Crippen LogP) is 2.17. The molecule has 0 radical (unpaired) electrons. The molecule has 0 saturated carbocycles. The molecular formula is C14H19N3OS. The van der Waals surface area contributed by atoms with Gasteiger partial charge in [-0.1, -0.05) is 30.3 Å². The van der Waals surface area contributed by atoms with Crippen LogP contribution in [0.3, 0.4) is 0 Å². The molecule has 2 aromatic rings. The quantitative estimate of drug-likeness (QED) is 0.762. The molecule has 0 atom stereocenters. The summed E-state index contributed by atoms with van der Waals surface area (Å²) >= 11 is 1.57. The van der Waals surface area contributed by atoms with Gasteiger partial charge in [-0.15, -0.1) is 11.3 Å². The van der Waals surface area contributed by atoms with Crippen LogP contribution in [0.2, 0.25) is 0 Å². The molecule has 0 aliphatic rings. The highest BCUT2D eigenvalue weighted by Gasteiger charge is 2.10. The molecule has 19 heavy (non-hydrogen) atoms. The van der Waals surface area contributed by atoms with Crippen molar-refractivity contribution in [3.8, 4) is 11.3 Å². The zero-order chi connectivity index (χ0) is 13.5. The zero-order valence-corrected chi connectivity index (χ0v) is 11.9. The van der Waals surface area contributed by atoms with Crippen molar-refractivity contribution in [3.63, 3.8) is 0 Å². The summed E-state index contributed by atoms with van der Waals surface area (Å²) in [5.41, 5.74) is 7.97. The van der Waals surface area contributed by atoms with Gasteiger partial charge in [-0.25, -0.2) is 4.98 Å². The molecule has 4 nitrogen and oxygen atoms in total. The number of hydrogen-bond acceptors (Lipinski definition) is 5. The lowest BCUT2D eigenvalue weighted by Crippen LogP contribution is -2.21. The molecule has 0 saturated heterocycles. The van der Waals surface area contributed by atoms with Gasteiger partial charge in [-0.05, 0) is 6.42 Å². The van der Waals surface area contributed by atoms with Gasteiger partial charge in [0.15, 0.2) is 5.13 Å². The lowest BCUT2D eigenvalue weighted by molar-refractivity contribution is 0.199. The van der Waals surface area contributed by atoms with Gasteiger partial charge in [0.05, 0.1) is 12.3 Å². The minimum Gasteiger partial charge on any atom is -0.383 e. The van der Waals surface area contributed by atoms with Crippen molar-refractivity contribution in [2.75, 3.05) is 32.5 Å². The van der Waals surface area contributed by atoms with Crippen molar-refractivity contribution in [1.82, 2.24) is 10.3 Å². The van der Waals surface area contributed by atoms with Crippen LogP contribution in [0, 0.1) is 0 Å². The smallest absolute Gasteiger partial charge is 0.180 e. The van der Waals surface area contributed by atoms with Gasteiger partial charge in [0.25, 0.3) is 0 Å². The van der Waals surface area contributed by atoms with Crippen LogP contribution in [0.15, 0.2) is 30.3 Å². The molecule has 0 amide bonds. The van der Waals surface area contributed by atoms with E-state index < -0.39 is 0 Å². The highest BCUT2D eigenvalue weighted by atomic mass is 32.1. The van der Waals surface area contributed by atoms with Gasteiger partial charge < -0.3 is 15.8 Å². The van der Waals surface area contributed by atoms with Crippen LogP contribution in [-0.2, 0) is 11.2 Å². The fourth-order valence-electron chi connectivity index (χ4n) is 1.86. The molecular weight excluding hydrogens is 258 g/mol. The van der Waals surface area contributed by atoms with Crippen molar-refractivity contribution in [1.29, 1.82) is 0 Å². The summed E-state index contributed by atoms with van der Waals surface area (Å²) in [6.07, 6.45) is 0.933. The number of thiazole rings is 1. The predicted molar refractivity (Wildman–Crippen MR) is 80.4 cm³/mol. The Morgan fingerprint density at radius 3 is 2.79 bits per heavy atom. The summed E-state index contributed by atoms with van der Waals surface area (Å²) in [6, 6.07) is 10.2. The molecule has 1 aromatic carbocycles. The van der Waals surface area contributed by atoms with E-state index in [-0.39, 0.29) is 0 Å². The van der Waals surface area contributed by atoms with Crippen molar-refractivity contribution < 1.29 is 4.74 Å². The van der Waals surface area contributed by atoms with E-state index in [1.165, 1.54) is 4.88 Å². The minimum absolute atomic E-state index is 0.630. The third kappa shape index (κ3) is 4.02. The largest absolute Gasteiger partial charge is 0.383 e. The molecule has 102 valence electrons. The summed E-state index contributed by atoms with van der Waals surface area (Å²) < 4.78 is 5.00. The van der Waals surface area contributed by atoms with Gasteiger partial charge in [0, 0.05) is 30.6 Å².